The van der Waals surface area contributed by atoms with Crippen LogP contribution in [0.15, 0.2) is 24.3 Å². The number of anilines is 1. The molecule has 4 heteroatoms. The number of hydrogen-bond acceptors (Lipinski definition) is 2. The van der Waals surface area contributed by atoms with E-state index in [2.05, 4.69) is 5.32 Å². The molecule has 1 N–H and O–H groups in total. The van der Waals surface area contributed by atoms with E-state index in [0.29, 0.717) is 0 Å². The molecule has 1 aromatic rings. The second-order valence-electron chi connectivity index (χ2n) is 4.49. The Kier molecular flexibility index (Phi) is 3.40. The first kappa shape index (κ1) is 11.6. The molecule has 0 unspecified atom stereocenters. The molecule has 0 aliphatic heterocycles. The molecule has 0 radical (unpaired) electrons. The summed E-state index contributed by atoms with van der Waals surface area (Å²) in [4.78, 5) is 11.4. The van der Waals surface area contributed by atoms with E-state index in [9.17, 15) is 4.79 Å². The van der Waals surface area contributed by atoms with E-state index in [0.717, 1.165) is 11.2 Å². The van der Waals surface area contributed by atoms with Crippen molar-refractivity contribution in [3.8, 4) is 0 Å². The van der Waals surface area contributed by atoms with Crippen LogP contribution in [0.5, 0.6) is 0 Å². The van der Waals surface area contributed by atoms with Crippen LogP contribution in [0.4, 0.5) is 10.5 Å². The topological polar surface area (TPSA) is 38.3 Å². The van der Waals surface area contributed by atoms with Gasteiger partial charge in [0.05, 0.1) is 0 Å². The minimum Gasteiger partial charge on any atom is -0.444 e. The van der Waals surface area contributed by atoms with E-state index >= 15 is 0 Å². The van der Waals surface area contributed by atoms with E-state index in [4.69, 9.17) is 4.74 Å². The Morgan fingerprint density at radius 2 is 1.80 bits per heavy atom. The minimum atomic E-state index is -0.464. The third-order valence-electron chi connectivity index (χ3n) is 1.70. The van der Waals surface area contributed by atoms with Crippen molar-refractivity contribution in [1.29, 1.82) is 0 Å². The number of rotatable bonds is 1. The van der Waals surface area contributed by atoms with Crippen LogP contribution in [0, 0.1) is 0 Å². The summed E-state index contributed by atoms with van der Waals surface area (Å²) in [5.41, 5.74) is 1.44. The van der Waals surface area contributed by atoms with E-state index < -0.39 is 11.7 Å². The largest absolute Gasteiger partial charge is 0.444 e. The van der Waals surface area contributed by atoms with Crippen molar-refractivity contribution in [2.24, 2.45) is 0 Å². The molecule has 0 heterocycles. The molecule has 0 spiro atoms. The maximum absolute atomic E-state index is 11.4. The van der Waals surface area contributed by atoms with Gasteiger partial charge < -0.3 is 4.74 Å². The van der Waals surface area contributed by atoms with Crippen molar-refractivity contribution in [2.45, 2.75) is 26.4 Å². The van der Waals surface area contributed by atoms with Gasteiger partial charge in [-0.1, -0.05) is 17.6 Å². The van der Waals surface area contributed by atoms with Gasteiger partial charge in [0.25, 0.3) is 0 Å². The van der Waals surface area contributed by atoms with Gasteiger partial charge in [-0.2, -0.15) is 0 Å². The molecule has 0 fully saturated rings. The highest BCUT2D eigenvalue weighted by molar-refractivity contribution is 6.32. The molecule has 15 heavy (non-hydrogen) atoms. The molecule has 80 valence electrons. The van der Waals surface area contributed by atoms with Gasteiger partial charge >= 0.3 is 6.09 Å². The van der Waals surface area contributed by atoms with E-state index in [-0.39, 0.29) is 0 Å². The van der Waals surface area contributed by atoms with Crippen molar-refractivity contribution < 1.29 is 9.53 Å². The maximum atomic E-state index is 11.4. The Bertz CT molecular complexity index is 341. The fraction of sp³-hybridized carbons (Fsp3) is 0.364. The Balaban J connectivity index is 2.55. The summed E-state index contributed by atoms with van der Waals surface area (Å²) in [6.07, 6.45) is -0.425. The molecule has 0 atom stereocenters. The summed E-state index contributed by atoms with van der Waals surface area (Å²) in [7, 11) is 2.00. The van der Waals surface area contributed by atoms with Crippen LogP contribution < -0.4 is 10.8 Å². The first-order chi connectivity index (χ1) is 6.87. The smallest absolute Gasteiger partial charge is 0.412 e. The van der Waals surface area contributed by atoms with Crippen molar-refractivity contribution in [2.75, 3.05) is 5.32 Å². The normalized spacial score (nSPS) is 10.9. The summed E-state index contributed by atoms with van der Waals surface area (Å²) in [5, 5.41) is 2.66. The lowest BCUT2D eigenvalue weighted by atomic mass is 9.96. The summed E-state index contributed by atoms with van der Waals surface area (Å²) >= 11 is 0. The number of carbonyl (C=O) groups is 1. The summed E-state index contributed by atoms with van der Waals surface area (Å²) in [6, 6.07) is 7.57. The van der Waals surface area contributed by atoms with Crippen molar-refractivity contribution in [3.05, 3.63) is 24.3 Å². The molecule has 3 nitrogen and oxygen atoms in total. The van der Waals surface area contributed by atoms with E-state index in [1.165, 1.54) is 0 Å². The van der Waals surface area contributed by atoms with Crippen LogP contribution >= 0.6 is 0 Å². The standard InChI is InChI=1S/C11H16BNO2/c1-11(2,3)15-10(14)13-9-6-4-8(12)5-7-9/h4-7H,12H2,1-3H3,(H,13,14). The quantitative estimate of drug-likeness (QED) is 0.701. The van der Waals surface area contributed by atoms with Crippen LogP contribution in [0.25, 0.3) is 0 Å². The predicted octanol–water partition coefficient (Wildman–Crippen LogP) is 1.29. The first-order valence-electron chi connectivity index (χ1n) is 4.93. The summed E-state index contributed by atoms with van der Waals surface area (Å²) in [5.74, 6) is 0. The monoisotopic (exact) mass is 205 g/mol. The van der Waals surface area contributed by atoms with Crippen LogP contribution in [0.2, 0.25) is 0 Å². The summed E-state index contributed by atoms with van der Waals surface area (Å²) in [6.45, 7) is 5.51. The van der Waals surface area contributed by atoms with E-state index in [1.54, 1.807) is 0 Å². The molecule has 1 aromatic carbocycles. The van der Waals surface area contributed by atoms with Gasteiger partial charge in [-0.05, 0) is 32.9 Å². The lowest BCUT2D eigenvalue weighted by Crippen LogP contribution is -2.27. The van der Waals surface area contributed by atoms with Crippen molar-refractivity contribution >= 4 is 25.1 Å². The molecular weight excluding hydrogens is 189 g/mol. The Morgan fingerprint density at radius 3 is 2.27 bits per heavy atom. The van der Waals surface area contributed by atoms with Gasteiger partial charge in [0, 0.05) is 5.69 Å². The molecule has 0 aliphatic carbocycles. The number of ether oxygens (including phenoxy) is 1. The number of carbonyl (C=O) groups excluding carboxylic acids is 1. The predicted molar refractivity (Wildman–Crippen MR) is 64.5 cm³/mol. The van der Waals surface area contributed by atoms with Crippen LogP contribution in [0.3, 0.4) is 0 Å². The van der Waals surface area contributed by atoms with Gasteiger partial charge in [0.1, 0.15) is 13.4 Å². The average molecular weight is 205 g/mol. The SMILES string of the molecule is Bc1ccc(NC(=O)OC(C)(C)C)cc1. The molecule has 1 amide bonds. The van der Waals surface area contributed by atoms with Gasteiger partial charge in [-0.25, -0.2) is 4.79 Å². The van der Waals surface area contributed by atoms with Crippen LogP contribution in [-0.2, 0) is 4.74 Å². The van der Waals surface area contributed by atoms with Gasteiger partial charge in [-0.3, -0.25) is 5.32 Å². The van der Waals surface area contributed by atoms with E-state index in [1.807, 2.05) is 52.9 Å². The molecule has 0 bridgehead atoms. The fourth-order valence-electron chi connectivity index (χ4n) is 1.06. The van der Waals surface area contributed by atoms with Crippen LogP contribution in [-0.4, -0.2) is 19.5 Å². The summed E-state index contributed by atoms with van der Waals surface area (Å²) < 4.78 is 5.12. The van der Waals surface area contributed by atoms with Gasteiger partial charge in [-0.15, -0.1) is 0 Å². The second kappa shape index (κ2) is 4.38. The lowest BCUT2D eigenvalue weighted by molar-refractivity contribution is 0.0636. The molecular formula is C11H16BNO2. The average Bonchev–Trinajstić information content (AvgIpc) is 2.05. The third kappa shape index (κ3) is 4.54. The van der Waals surface area contributed by atoms with Gasteiger partial charge in [0.2, 0.25) is 0 Å². The molecule has 0 saturated heterocycles. The molecule has 0 saturated carbocycles. The minimum absolute atomic E-state index is 0.425. The maximum Gasteiger partial charge on any atom is 0.412 e. The highest BCUT2D eigenvalue weighted by Gasteiger charge is 2.15. The first-order valence-corrected chi connectivity index (χ1v) is 4.93. The van der Waals surface area contributed by atoms with Crippen molar-refractivity contribution in [3.63, 3.8) is 0 Å². The number of amides is 1. The molecule has 0 aliphatic rings. The Morgan fingerprint density at radius 1 is 1.27 bits per heavy atom. The van der Waals surface area contributed by atoms with Crippen LogP contribution in [0.1, 0.15) is 20.8 Å². The Hall–Kier alpha value is -1.45. The third-order valence-corrected chi connectivity index (χ3v) is 1.70. The zero-order valence-electron chi connectivity index (χ0n) is 9.63. The van der Waals surface area contributed by atoms with Gasteiger partial charge in [0.15, 0.2) is 0 Å². The highest BCUT2D eigenvalue weighted by atomic mass is 16.6. The zero-order valence-corrected chi connectivity index (χ0v) is 9.63. The number of benzene rings is 1. The second-order valence-corrected chi connectivity index (χ2v) is 4.49. The fourth-order valence-corrected chi connectivity index (χ4v) is 1.06. The highest BCUT2D eigenvalue weighted by Crippen LogP contribution is 2.10. The molecule has 0 aromatic heterocycles. The molecule has 1 rings (SSSR count). The zero-order chi connectivity index (χ0) is 11.5. The number of hydrogen-bond donors (Lipinski definition) is 1. The number of nitrogens with one attached hydrogen (secondary N) is 1. The lowest BCUT2D eigenvalue weighted by Gasteiger charge is -2.19. The van der Waals surface area contributed by atoms with Crippen molar-refractivity contribution in [1.82, 2.24) is 0 Å². The Labute approximate surface area is 91.2 Å².